The summed E-state index contributed by atoms with van der Waals surface area (Å²) in [6.07, 6.45) is 3.34. The topological polar surface area (TPSA) is 3.01 Å². The number of fused-ring (bicyclic) bond motifs is 1. The van der Waals surface area contributed by atoms with Gasteiger partial charge in [-0.15, -0.1) is 0 Å². The lowest BCUT2D eigenvalue weighted by Gasteiger charge is -2.12. The molecule has 0 unspecified atom stereocenters. The average molecular weight is 367 g/mol. The Morgan fingerprint density at radius 1 is 0.944 bits per heavy atom. The Morgan fingerprint density at radius 2 is 1.67 bits per heavy atom. The van der Waals surface area contributed by atoms with Gasteiger partial charge in [0.25, 0.3) is 0 Å². The van der Waals surface area contributed by atoms with Gasteiger partial charge >= 0.3 is 0 Å². The minimum absolute atomic E-state index is 0. The molecule has 0 N–H and O–H groups in total. The molecule has 1 nitrogen and oxygen atoms in total. The fourth-order valence-corrected chi connectivity index (χ4v) is 2.75. The number of hydrogen-bond acceptors (Lipinski definition) is 0. The van der Waals surface area contributed by atoms with Gasteiger partial charge in [-0.1, -0.05) is 30.3 Å². The van der Waals surface area contributed by atoms with Crippen LogP contribution in [0.25, 0.3) is 0 Å². The molecule has 92 valence electrons. The van der Waals surface area contributed by atoms with Crippen LogP contribution >= 0.6 is 15.9 Å². The third kappa shape index (κ3) is 2.57. The van der Waals surface area contributed by atoms with Crippen molar-refractivity contribution >= 4 is 27.8 Å². The smallest absolute Gasteiger partial charge is 0.219 e. The summed E-state index contributed by atoms with van der Waals surface area (Å²) < 4.78 is 3.46. The first-order valence-electron chi connectivity index (χ1n) is 5.78. The molecule has 0 amide bonds. The van der Waals surface area contributed by atoms with E-state index < -0.39 is 0 Å². The molecule has 1 heterocycles. The third-order valence-corrected chi connectivity index (χ3v) is 3.80. The Balaban J connectivity index is 0.00000120. The first-order valence-corrected chi connectivity index (χ1v) is 6.58. The highest BCUT2D eigenvalue weighted by Crippen LogP contribution is 2.26. The fourth-order valence-electron chi connectivity index (χ4n) is 2.24. The van der Waals surface area contributed by atoms with Gasteiger partial charge in [-0.2, -0.15) is 4.58 Å². The second-order valence-electron chi connectivity index (χ2n) is 4.22. The van der Waals surface area contributed by atoms with Crippen LogP contribution in [-0.2, 0) is 6.42 Å². The number of nitrogens with zero attached hydrogens (tertiary/aromatic N) is 1. The summed E-state index contributed by atoms with van der Waals surface area (Å²) in [4.78, 5) is 0. The van der Waals surface area contributed by atoms with Crippen molar-refractivity contribution in [2.24, 2.45) is 0 Å². The zero-order chi connectivity index (χ0) is 11.7. The van der Waals surface area contributed by atoms with E-state index in [1.807, 2.05) is 6.07 Å². The normalized spacial score (nSPS) is 13.3. The molecule has 2 aromatic carbocycles. The standard InChI is InChI=1S/C15H13BrN.BrH/c16-14-7-3-4-8-15(14)17-10-9-12-5-1-2-6-13(12)11-17;/h1-8,11H,9-10H2;1H/q+1;/p-1. The van der Waals surface area contributed by atoms with E-state index >= 15 is 0 Å². The molecular formula is C15H13Br2N. The summed E-state index contributed by atoms with van der Waals surface area (Å²) in [5, 5.41) is 0. The van der Waals surface area contributed by atoms with Crippen LogP contribution < -0.4 is 17.0 Å². The van der Waals surface area contributed by atoms with Gasteiger partial charge in [0, 0.05) is 18.1 Å². The Hall–Kier alpha value is -0.930. The lowest BCUT2D eigenvalue weighted by atomic mass is 10.0. The zero-order valence-corrected chi connectivity index (χ0v) is 13.0. The Bertz CT molecular complexity index is 591. The second kappa shape index (κ2) is 5.81. The van der Waals surface area contributed by atoms with E-state index in [4.69, 9.17) is 0 Å². The van der Waals surface area contributed by atoms with Crippen molar-refractivity contribution in [2.75, 3.05) is 6.54 Å². The van der Waals surface area contributed by atoms with Crippen molar-refractivity contribution in [1.29, 1.82) is 0 Å². The molecule has 18 heavy (non-hydrogen) atoms. The first kappa shape index (κ1) is 13.5. The number of benzene rings is 2. The SMILES string of the molecule is Brc1ccccc1[N+]1=Cc2ccccc2CC1.[Br-]. The van der Waals surface area contributed by atoms with Gasteiger partial charge in [0.1, 0.15) is 0 Å². The minimum Gasteiger partial charge on any atom is -1.00 e. The van der Waals surface area contributed by atoms with Crippen molar-refractivity contribution in [3.05, 3.63) is 64.1 Å². The van der Waals surface area contributed by atoms with Gasteiger partial charge < -0.3 is 17.0 Å². The highest BCUT2D eigenvalue weighted by Gasteiger charge is 2.18. The predicted octanol–water partition coefficient (Wildman–Crippen LogP) is 0.772. The van der Waals surface area contributed by atoms with Crippen molar-refractivity contribution in [3.63, 3.8) is 0 Å². The summed E-state index contributed by atoms with van der Waals surface area (Å²) in [6, 6.07) is 17.0. The number of hydrogen-bond donors (Lipinski definition) is 0. The van der Waals surface area contributed by atoms with Crippen molar-refractivity contribution in [1.82, 2.24) is 0 Å². The van der Waals surface area contributed by atoms with Crippen LogP contribution in [0.1, 0.15) is 11.1 Å². The third-order valence-electron chi connectivity index (χ3n) is 3.13. The summed E-state index contributed by atoms with van der Waals surface area (Å²) >= 11 is 3.61. The van der Waals surface area contributed by atoms with Gasteiger partial charge in [0.05, 0.1) is 4.47 Å². The predicted molar refractivity (Wildman–Crippen MR) is 74.2 cm³/mol. The maximum Gasteiger partial charge on any atom is 0.219 e. The van der Waals surface area contributed by atoms with E-state index in [-0.39, 0.29) is 17.0 Å². The average Bonchev–Trinajstić information content (AvgIpc) is 2.39. The summed E-state index contributed by atoms with van der Waals surface area (Å²) in [7, 11) is 0. The van der Waals surface area contributed by atoms with Crippen LogP contribution in [0.5, 0.6) is 0 Å². The number of halogens is 2. The molecule has 0 aliphatic carbocycles. The molecular weight excluding hydrogens is 354 g/mol. The first-order chi connectivity index (χ1) is 8.34. The van der Waals surface area contributed by atoms with Crippen LogP contribution in [0, 0.1) is 0 Å². The van der Waals surface area contributed by atoms with Crippen LogP contribution in [0.2, 0.25) is 0 Å². The largest absolute Gasteiger partial charge is 1.00 e. The molecule has 0 aromatic heterocycles. The van der Waals surface area contributed by atoms with Gasteiger partial charge in [-0.05, 0) is 33.6 Å². The molecule has 0 radical (unpaired) electrons. The molecule has 0 spiro atoms. The summed E-state index contributed by atoms with van der Waals surface area (Å²) in [6.45, 7) is 1.04. The van der Waals surface area contributed by atoms with Crippen LogP contribution in [0.3, 0.4) is 0 Å². The van der Waals surface area contributed by atoms with Gasteiger partial charge in [0.2, 0.25) is 5.69 Å². The molecule has 0 atom stereocenters. The molecule has 0 saturated heterocycles. The van der Waals surface area contributed by atoms with Gasteiger partial charge in [-0.25, -0.2) is 0 Å². The van der Waals surface area contributed by atoms with E-state index in [0.717, 1.165) is 17.4 Å². The lowest BCUT2D eigenvalue weighted by molar-refractivity contribution is -0.437. The van der Waals surface area contributed by atoms with Crippen LogP contribution in [0.15, 0.2) is 53.0 Å². The number of para-hydroxylation sites is 1. The second-order valence-corrected chi connectivity index (χ2v) is 5.08. The molecule has 3 rings (SSSR count). The van der Waals surface area contributed by atoms with Crippen molar-refractivity contribution in [2.45, 2.75) is 6.42 Å². The minimum atomic E-state index is 0. The van der Waals surface area contributed by atoms with E-state index in [2.05, 4.69) is 69.2 Å². The summed E-state index contributed by atoms with van der Waals surface area (Å²) in [5.41, 5.74) is 4.01. The fraction of sp³-hybridized carbons (Fsp3) is 0.133. The van der Waals surface area contributed by atoms with E-state index in [9.17, 15) is 0 Å². The number of rotatable bonds is 1. The molecule has 3 heteroatoms. The highest BCUT2D eigenvalue weighted by molar-refractivity contribution is 9.10. The quantitative estimate of drug-likeness (QED) is 0.656. The molecule has 0 fully saturated rings. The van der Waals surface area contributed by atoms with E-state index in [0.29, 0.717) is 0 Å². The lowest BCUT2D eigenvalue weighted by Crippen LogP contribution is -3.00. The van der Waals surface area contributed by atoms with Crippen molar-refractivity contribution in [3.8, 4) is 0 Å². The molecule has 1 aliphatic heterocycles. The van der Waals surface area contributed by atoms with Gasteiger partial charge in [0.15, 0.2) is 12.8 Å². The zero-order valence-electron chi connectivity index (χ0n) is 9.81. The highest BCUT2D eigenvalue weighted by atomic mass is 79.9. The summed E-state index contributed by atoms with van der Waals surface area (Å²) in [5.74, 6) is 0. The van der Waals surface area contributed by atoms with Crippen LogP contribution in [0.4, 0.5) is 5.69 Å². The van der Waals surface area contributed by atoms with Gasteiger partial charge in [-0.3, -0.25) is 0 Å². The molecule has 0 bridgehead atoms. The molecule has 0 saturated carbocycles. The van der Waals surface area contributed by atoms with Crippen molar-refractivity contribution < 1.29 is 21.6 Å². The Kier molecular flexibility index (Phi) is 4.36. The Labute approximate surface area is 126 Å². The van der Waals surface area contributed by atoms with E-state index in [1.54, 1.807) is 0 Å². The van der Waals surface area contributed by atoms with Crippen LogP contribution in [-0.4, -0.2) is 17.3 Å². The monoisotopic (exact) mass is 365 g/mol. The Morgan fingerprint density at radius 3 is 2.50 bits per heavy atom. The molecule has 2 aromatic rings. The maximum absolute atomic E-state index is 3.61. The molecule has 1 aliphatic rings. The maximum atomic E-state index is 3.61. The van der Waals surface area contributed by atoms with E-state index in [1.165, 1.54) is 16.8 Å².